The predicted molar refractivity (Wildman–Crippen MR) is 59.2 cm³/mol. The van der Waals surface area contributed by atoms with Crippen LogP contribution < -0.4 is 0 Å². The van der Waals surface area contributed by atoms with E-state index in [1.54, 1.807) is 12.8 Å². The second-order valence-corrected chi connectivity index (χ2v) is 7.76. The Kier molecular flexibility index (Phi) is 0.936. The Morgan fingerprint density at radius 1 is 1.14 bits per heavy atom. The number of hydrogen-bond acceptors (Lipinski definition) is 1. The van der Waals surface area contributed by atoms with E-state index < -0.39 is 0 Å². The van der Waals surface area contributed by atoms with Crippen molar-refractivity contribution in [2.45, 2.75) is 37.4 Å². The highest BCUT2D eigenvalue weighted by atomic mass is 32.1. The molecule has 0 aromatic rings. The van der Waals surface area contributed by atoms with E-state index in [4.69, 9.17) is 12.6 Å². The molecule has 76 valence electrons. The highest BCUT2D eigenvalue weighted by Gasteiger charge is 2.87. The van der Waals surface area contributed by atoms with Crippen molar-refractivity contribution in [3.05, 3.63) is 0 Å². The molecule has 5 aliphatic carbocycles. The van der Waals surface area contributed by atoms with E-state index in [2.05, 4.69) is 6.92 Å². The van der Waals surface area contributed by atoms with Gasteiger partial charge in [-0.3, -0.25) is 0 Å². The van der Waals surface area contributed by atoms with Gasteiger partial charge < -0.3 is 0 Å². The largest absolute Gasteiger partial charge is 0.172 e. The van der Waals surface area contributed by atoms with Crippen molar-refractivity contribution in [3.8, 4) is 0 Å². The van der Waals surface area contributed by atoms with Crippen LogP contribution >= 0.6 is 12.6 Å². The van der Waals surface area contributed by atoms with Crippen LogP contribution in [0.25, 0.3) is 0 Å². The third-order valence-electron chi connectivity index (χ3n) is 7.28. The molecule has 14 heavy (non-hydrogen) atoms. The zero-order chi connectivity index (χ0) is 9.29. The maximum Gasteiger partial charge on any atom is 0.0197 e. The van der Waals surface area contributed by atoms with Gasteiger partial charge in [0.25, 0.3) is 0 Å². The minimum atomic E-state index is 0.538. The molecule has 0 amide bonds. The van der Waals surface area contributed by atoms with Crippen LogP contribution in [0.3, 0.4) is 0 Å². The third-order valence-corrected chi connectivity index (χ3v) is 8.11. The first kappa shape index (κ1) is 7.60. The Bertz CT molecular complexity index is 351. The van der Waals surface area contributed by atoms with E-state index in [-0.39, 0.29) is 0 Å². The Morgan fingerprint density at radius 3 is 2.57 bits per heavy atom. The van der Waals surface area contributed by atoms with Crippen LogP contribution in [0.5, 0.6) is 0 Å². The molecule has 0 aliphatic heterocycles. The molecular formula is C13H18S. The van der Waals surface area contributed by atoms with Crippen LogP contribution in [0, 0.1) is 40.9 Å². The minimum absolute atomic E-state index is 0.538. The van der Waals surface area contributed by atoms with Crippen molar-refractivity contribution in [1.29, 1.82) is 0 Å². The molecule has 5 fully saturated rings. The topological polar surface area (TPSA) is 0 Å². The fraction of sp³-hybridized carbons (Fsp3) is 1.00. The molecule has 0 saturated heterocycles. The second kappa shape index (κ2) is 1.73. The van der Waals surface area contributed by atoms with Gasteiger partial charge in [-0.2, -0.15) is 12.6 Å². The molecule has 5 saturated carbocycles. The number of hydrogen-bond donors (Lipinski definition) is 1. The van der Waals surface area contributed by atoms with Gasteiger partial charge in [-0.15, -0.1) is 0 Å². The molecule has 0 nitrogen and oxygen atoms in total. The molecule has 0 aromatic carbocycles. The van der Waals surface area contributed by atoms with Crippen LogP contribution in [-0.2, 0) is 0 Å². The van der Waals surface area contributed by atoms with E-state index in [1.165, 1.54) is 18.8 Å². The smallest absolute Gasteiger partial charge is 0.0197 e. The van der Waals surface area contributed by atoms with Gasteiger partial charge in [0, 0.05) is 4.75 Å². The van der Waals surface area contributed by atoms with Crippen LogP contribution in [0.1, 0.15) is 32.6 Å². The van der Waals surface area contributed by atoms with Crippen LogP contribution in [0.15, 0.2) is 0 Å². The third kappa shape index (κ3) is 0.423. The molecule has 0 radical (unpaired) electrons. The lowest BCUT2D eigenvalue weighted by Crippen LogP contribution is -2.89. The highest BCUT2D eigenvalue weighted by Crippen LogP contribution is 2.90. The lowest BCUT2D eigenvalue weighted by molar-refractivity contribution is -0.401. The fourth-order valence-corrected chi connectivity index (χ4v) is 7.59. The standard InChI is InChI=1S/C13H18S/c1-12-7-3-2-6(7)10(12)9-8-4-5-13(8,14)11(9)12/h6-11,14H,2-5H2,1H3/t6?,7?,8?,9?,10?,11?,12-,13-/m0/s1. The Labute approximate surface area is 91.2 Å². The van der Waals surface area contributed by atoms with Crippen LogP contribution in [0.4, 0.5) is 0 Å². The van der Waals surface area contributed by atoms with Gasteiger partial charge in [-0.1, -0.05) is 6.92 Å². The maximum atomic E-state index is 5.01. The molecule has 5 rings (SSSR count). The molecule has 0 spiro atoms. The van der Waals surface area contributed by atoms with Gasteiger partial charge in [0.2, 0.25) is 0 Å². The monoisotopic (exact) mass is 206 g/mol. The van der Waals surface area contributed by atoms with Gasteiger partial charge in [0.1, 0.15) is 0 Å². The van der Waals surface area contributed by atoms with Crippen molar-refractivity contribution in [2.75, 3.05) is 0 Å². The van der Waals surface area contributed by atoms with E-state index in [1.807, 2.05) is 0 Å². The maximum absolute atomic E-state index is 5.01. The molecule has 0 N–H and O–H groups in total. The van der Waals surface area contributed by atoms with Crippen molar-refractivity contribution in [3.63, 3.8) is 0 Å². The van der Waals surface area contributed by atoms with E-state index in [0.717, 1.165) is 35.0 Å². The zero-order valence-corrected chi connectivity index (χ0v) is 9.63. The minimum Gasteiger partial charge on any atom is -0.172 e. The average Bonchev–Trinajstić information content (AvgIpc) is 2.09. The summed E-state index contributed by atoms with van der Waals surface area (Å²) in [5, 5.41) is 0. The quantitative estimate of drug-likeness (QED) is 0.457. The number of fused-ring (bicyclic) bond motifs is 10. The van der Waals surface area contributed by atoms with Crippen LogP contribution in [0.2, 0.25) is 0 Å². The normalized spacial score (nSPS) is 81.0. The Hall–Kier alpha value is 0.350. The summed E-state index contributed by atoms with van der Waals surface area (Å²) in [6.45, 7) is 2.60. The summed E-state index contributed by atoms with van der Waals surface area (Å²) >= 11 is 5.01. The van der Waals surface area contributed by atoms with Crippen molar-refractivity contribution in [2.24, 2.45) is 40.9 Å². The summed E-state index contributed by atoms with van der Waals surface area (Å²) in [4.78, 5) is 0. The second-order valence-electron chi connectivity index (χ2n) is 6.93. The zero-order valence-electron chi connectivity index (χ0n) is 8.74. The number of thiol groups is 1. The molecule has 5 aliphatic rings. The first-order valence-corrected chi connectivity index (χ1v) is 6.86. The first-order valence-electron chi connectivity index (χ1n) is 6.41. The molecule has 6 unspecified atom stereocenters. The molecule has 8 atom stereocenters. The summed E-state index contributed by atoms with van der Waals surface area (Å²) in [7, 11) is 0. The predicted octanol–water partition coefficient (Wildman–Crippen LogP) is 2.99. The lowest BCUT2D eigenvalue weighted by atomic mass is 9.15. The van der Waals surface area contributed by atoms with Gasteiger partial charge >= 0.3 is 0 Å². The SMILES string of the molecule is C[C@]12C3CCC3C1C1C3CC[C@@]3(S)C12. The summed E-state index contributed by atoms with van der Waals surface area (Å²) in [5.74, 6) is 6.72. The molecule has 1 heteroatoms. The highest BCUT2D eigenvalue weighted by molar-refractivity contribution is 7.82. The molecule has 0 aromatic heterocycles. The summed E-state index contributed by atoms with van der Waals surface area (Å²) in [6.07, 6.45) is 6.06. The lowest BCUT2D eigenvalue weighted by Gasteiger charge is -2.91. The fourth-order valence-electron chi connectivity index (χ4n) is 6.71. The summed E-state index contributed by atoms with van der Waals surface area (Å²) in [5.41, 5.74) is 0.784. The van der Waals surface area contributed by atoms with Crippen molar-refractivity contribution >= 4 is 12.6 Å². The summed E-state index contributed by atoms with van der Waals surface area (Å²) < 4.78 is 0.538. The van der Waals surface area contributed by atoms with Gasteiger partial charge in [-0.25, -0.2) is 0 Å². The Balaban J connectivity index is 1.59. The van der Waals surface area contributed by atoms with Crippen LogP contribution in [-0.4, -0.2) is 4.75 Å². The average molecular weight is 206 g/mol. The van der Waals surface area contributed by atoms with Gasteiger partial charge in [0.05, 0.1) is 0 Å². The first-order chi connectivity index (χ1) is 6.69. The van der Waals surface area contributed by atoms with Gasteiger partial charge in [-0.05, 0) is 66.6 Å². The van der Waals surface area contributed by atoms with E-state index in [9.17, 15) is 0 Å². The Morgan fingerprint density at radius 2 is 2.00 bits per heavy atom. The van der Waals surface area contributed by atoms with E-state index in [0.29, 0.717) is 4.75 Å². The molecule has 0 heterocycles. The van der Waals surface area contributed by atoms with E-state index >= 15 is 0 Å². The van der Waals surface area contributed by atoms with Crippen molar-refractivity contribution in [1.82, 2.24) is 0 Å². The number of rotatable bonds is 0. The van der Waals surface area contributed by atoms with Crippen molar-refractivity contribution < 1.29 is 0 Å². The molecule has 0 bridgehead atoms. The molecular weight excluding hydrogens is 188 g/mol. The summed E-state index contributed by atoms with van der Waals surface area (Å²) in [6, 6.07) is 0. The van der Waals surface area contributed by atoms with Gasteiger partial charge in [0.15, 0.2) is 0 Å².